The monoisotopic (exact) mass is 265 g/mol. The van der Waals surface area contributed by atoms with Crippen molar-refractivity contribution in [2.75, 3.05) is 0 Å². The first-order valence-corrected chi connectivity index (χ1v) is 5.93. The molecule has 2 rings (SSSR count). The molecule has 2 aromatic rings. The Morgan fingerprint density at radius 3 is 2.45 bits per heavy atom. The quantitative estimate of drug-likeness (QED) is 0.486. The van der Waals surface area contributed by atoms with Crippen molar-refractivity contribution < 1.29 is 14.3 Å². The third kappa shape index (κ3) is 3.09. The van der Waals surface area contributed by atoms with Crippen LogP contribution >= 0.6 is 0 Å². The molecule has 0 saturated heterocycles. The molecule has 0 aliphatic heterocycles. The van der Waals surface area contributed by atoms with E-state index in [2.05, 4.69) is 0 Å². The maximum atomic E-state index is 11.9. The highest BCUT2D eigenvalue weighted by Crippen LogP contribution is 2.16. The van der Waals surface area contributed by atoms with Crippen LogP contribution in [-0.4, -0.2) is 11.8 Å². The van der Waals surface area contributed by atoms with E-state index in [1.165, 1.54) is 19.1 Å². The molecule has 98 valence electrons. The number of rotatable bonds is 3. The maximum absolute atomic E-state index is 11.9. The lowest BCUT2D eigenvalue weighted by Crippen LogP contribution is -2.09. The van der Waals surface area contributed by atoms with Crippen molar-refractivity contribution in [3.8, 4) is 11.8 Å². The van der Waals surface area contributed by atoms with Gasteiger partial charge in [-0.3, -0.25) is 4.79 Å². The highest BCUT2D eigenvalue weighted by Gasteiger charge is 2.10. The lowest BCUT2D eigenvalue weighted by Gasteiger charge is -2.05. The van der Waals surface area contributed by atoms with Gasteiger partial charge in [-0.25, -0.2) is 4.79 Å². The normalized spacial score (nSPS) is 9.60. The van der Waals surface area contributed by atoms with E-state index < -0.39 is 5.97 Å². The van der Waals surface area contributed by atoms with Crippen LogP contribution in [0.15, 0.2) is 48.5 Å². The van der Waals surface area contributed by atoms with Gasteiger partial charge < -0.3 is 4.74 Å². The summed E-state index contributed by atoms with van der Waals surface area (Å²) >= 11 is 0. The maximum Gasteiger partial charge on any atom is 0.343 e. The molecule has 0 N–H and O–H groups in total. The lowest BCUT2D eigenvalue weighted by atomic mass is 10.1. The zero-order valence-electron chi connectivity index (χ0n) is 10.8. The molecule has 2 aromatic carbocycles. The fourth-order valence-electron chi connectivity index (χ4n) is 1.66. The third-order valence-electron chi connectivity index (χ3n) is 2.68. The zero-order valence-corrected chi connectivity index (χ0v) is 10.8. The van der Waals surface area contributed by atoms with E-state index in [4.69, 9.17) is 10.00 Å². The van der Waals surface area contributed by atoms with Gasteiger partial charge in [0.15, 0.2) is 5.78 Å². The van der Waals surface area contributed by atoms with Gasteiger partial charge in [-0.2, -0.15) is 5.26 Å². The standard InChI is InChI=1S/C16H11NO3/c1-11(18)13-5-3-7-15(9-13)20-16(19)14-6-2-4-12(8-14)10-17/h2-9H,1H3. The van der Waals surface area contributed by atoms with E-state index in [1.807, 2.05) is 6.07 Å². The van der Waals surface area contributed by atoms with Gasteiger partial charge in [-0.1, -0.05) is 18.2 Å². The van der Waals surface area contributed by atoms with Gasteiger partial charge in [0.25, 0.3) is 0 Å². The minimum absolute atomic E-state index is 0.102. The van der Waals surface area contributed by atoms with Crippen molar-refractivity contribution in [3.05, 3.63) is 65.2 Å². The van der Waals surface area contributed by atoms with Crippen molar-refractivity contribution >= 4 is 11.8 Å². The molecule has 0 aromatic heterocycles. The molecule has 0 saturated carbocycles. The molecule has 0 unspecified atom stereocenters. The Labute approximate surface area is 116 Å². The van der Waals surface area contributed by atoms with E-state index in [0.29, 0.717) is 16.9 Å². The van der Waals surface area contributed by atoms with Crippen LogP contribution in [0.2, 0.25) is 0 Å². The van der Waals surface area contributed by atoms with Crippen LogP contribution in [0.4, 0.5) is 0 Å². The minimum atomic E-state index is -0.567. The molecule has 4 nitrogen and oxygen atoms in total. The summed E-state index contributed by atoms with van der Waals surface area (Å²) in [6, 6.07) is 14.6. The second kappa shape index (κ2) is 5.81. The zero-order chi connectivity index (χ0) is 14.5. The van der Waals surface area contributed by atoms with Crippen molar-refractivity contribution in [3.63, 3.8) is 0 Å². The predicted molar refractivity (Wildman–Crippen MR) is 72.6 cm³/mol. The van der Waals surface area contributed by atoms with E-state index >= 15 is 0 Å². The van der Waals surface area contributed by atoms with E-state index in [9.17, 15) is 9.59 Å². The molecule has 0 amide bonds. The number of carbonyl (C=O) groups excluding carboxylic acids is 2. The number of carbonyl (C=O) groups is 2. The highest BCUT2D eigenvalue weighted by molar-refractivity contribution is 5.95. The number of Topliss-reactive ketones (excluding diaryl/α,β-unsaturated/α-hetero) is 1. The fourth-order valence-corrected chi connectivity index (χ4v) is 1.66. The number of esters is 1. The smallest absolute Gasteiger partial charge is 0.343 e. The van der Waals surface area contributed by atoms with Crippen LogP contribution in [0.25, 0.3) is 0 Å². The number of ether oxygens (including phenoxy) is 1. The summed E-state index contributed by atoms with van der Waals surface area (Å²) in [5.74, 6) is -0.373. The molecule has 0 heterocycles. The van der Waals surface area contributed by atoms with Gasteiger partial charge in [0.2, 0.25) is 0 Å². The largest absolute Gasteiger partial charge is 0.423 e. The summed E-state index contributed by atoms with van der Waals surface area (Å²) in [5, 5.41) is 8.79. The Kier molecular flexibility index (Phi) is 3.92. The minimum Gasteiger partial charge on any atom is -0.423 e. The molecule has 4 heteroatoms. The summed E-state index contributed by atoms with van der Waals surface area (Å²) < 4.78 is 5.19. The van der Waals surface area contributed by atoms with Crippen molar-refractivity contribution in [2.45, 2.75) is 6.92 Å². The highest BCUT2D eigenvalue weighted by atomic mass is 16.5. The molecular formula is C16H11NO3. The number of hydrogen-bond acceptors (Lipinski definition) is 4. The average molecular weight is 265 g/mol. The van der Waals surface area contributed by atoms with Crippen LogP contribution in [-0.2, 0) is 0 Å². The Hall–Kier alpha value is -2.93. The first-order valence-electron chi connectivity index (χ1n) is 5.93. The molecule has 0 bridgehead atoms. The summed E-state index contributed by atoms with van der Waals surface area (Å²) in [5.41, 5.74) is 1.15. The van der Waals surface area contributed by atoms with Crippen molar-refractivity contribution in [1.82, 2.24) is 0 Å². The topological polar surface area (TPSA) is 67.2 Å². The van der Waals surface area contributed by atoms with Gasteiger partial charge in [-0.15, -0.1) is 0 Å². The number of ketones is 1. The van der Waals surface area contributed by atoms with Crippen LogP contribution in [0.3, 0.4) is 0 Å². The van der Waals surface area contributed by atoms with Gasteiger partial charge in [0, 0.05) is 5.56 Å². The van der Waals surface area contributed by atoms with Crippen LogP contribution in [0.5, 0.6) is 5.75 Å². The van der Waals surface area contributed by atoms with Crippen molar-refractivity contribution in [1.29, 1.82) is 5.26 Å². The number of hydrogen-bond donors (Lipinski definition) is 0. The number of nitrogens with zero attached hydrogens (tertiary/aromatic N) is 1. The SMILES string of the molecule is CC(=O)c1cccc(OC(=O)c2cccc(C#N)c2)c1. The molecule has 0 spiro atoms. The summed E-state index contributed by atoms with van der Waals surface area (Å²) in [4.78, 5) is 23.2. The molecule has 0 fully saturated rings. The van der Waals surface area contributed by atoms with Gasteiger partial charge in [0.1, 0.15) is 5.75 Å². The first kappa shape index (κ1) is 13.5. The number of nitriles is 1. The first-order chi connectivity index (χ1) is 9.60. The Morgan fingerprint density at radius 2 is 1.75 bits per heavy atom. The summed E-state index contributed by atoms with van der Waals surface area (Å²) in [7, 11) is 0. The lowest BCUT2D eigenvalue weighted by molar-refractivity contribution is 0.0733. The predicted octanol–water partition coefficient (Wildman–Crippen LogP) is 2.98. The third-order valence-corrected chi connectivity index (χ3v) is 2.68. The summed E-state index contributed by atoms with van der Waals surface area (Å²) in [6.07, 6.45) is 0. The Balaban J connectivity index is 2.21. The molecule has 0 aliphatic rings. The Morgan fingerprint density at radius 1 is 1.05 bits per heavy atom. The number of benzene rings is 2. The molecule has 0 aliphatic carbocycles. The van der Waals surface area contributed by atoms with Crippen LogP contribution < -0.4 is 4.74 Å². The summed E-state index contributed by atoms with van der Waals surface area (Å²) in [6.45, 7) is 1.44. The Bertz CT molecular complexity index is 714. The van der Waals surface area contributed by atoms with Crippen LogP contribution in [0, 0.1) is 11.3 Å². The van der Waals surface area contributed by atoms with E-state index in [1.54, 1.807) is 36.4 Å². The van der Waals surface area contributed by atoms with Gasteiger partial charge in [-0.05, 0) is 37.3 Å². The van der Waals surface area contributed by atoms with Gasteiger partial charge >= 0.3 is 5.97 Å². The molecule has 0 radical (unpaired) electrons. The second-order valence-corrected chi connectivity index (χ2v) is 4.17. The molecule has 0 atom stereocenters. The fraction of sp³-hybridized carbons (Fsp3) is 0.0625. The molecule has 20 heavy (non-hydrogen) atoms. The van der Waals surface area contributed by atoms with Crippen LogP contribution in [0.1, 0.15) is 33.2 Å². The van der Waals surface area contributed by atoms with E-state index in [0.717, 1.165) is 0 Å². The molecular weight excluding hydrogens is 254 g/mol. The van der Waals surface area contributed by atoms with Crippen molar-refractivity contribution in [2.24, 2.45) is 0 Å². The van der Waals surface area contributed by atoms with E-state index in [-0.39, 0.29) is 11.3 Å². The average Bonchev–Trinajstić information content (AvgIpc) is 2.47. The van der Waals surface area contributed by atoms with Gasteiger partial charge in [0.05, 0.1) is 17.2 Å². The second-order valence-electron chi connectivity index (χ2n) is 4.17.